The molecule has 0 heterocycles. The molecule has 2 saturated carbocycles. The van der Waals surface area contributed by atoms with Crippen LogP contribution < -0.4 is 10.6 Å². The molecule has 0 radical (unpaired) electrons. The highest BCUT2D eigenvalue weighted by Crippen LogP contribution is 2.44. The first-order valence-corrected chi connectivity index (χ1v) is 6.35. The van der Waals surface area contributed by atoms with Crippen molar-refractivity contribution in [2.75, 3.05) is 0 Å². The summed E-state index contributed by atoms with van der Waals surface area (Å²) >= 11 is 0. The van der Waals surface area contributed by atoms with Gasteiger partial charge in [-0.1, -0.05) is 0 Å². The average molecular weight is 250 g/mol. The minimum Gasteiger partial charge on any atom is -0.480 e. The maximum atomic E-state index is 11.8. The van der Waals surface area contributed by atoms with Gasteiger partial charge >= 0.3 is 12.0 Å². The minimum absolute atomic E-state index is 0.000275. The van der Waals surface area contributed by atoms with Gasteiger partial charge in [0.15, 0.2) is 0 Å². The fourth-order valence-corrected chi connectivity index (χ4v) is 2.20. The van der Waals surface area contributed by atoms with Crippen molar-refractivity contribution in [3.63, 3.8) is 0 Å². The van der Waals surface area contributed by atoms with Gasteiger partial charge in [-0.05, 0) is 37.5 Å². The molecule has 1 atom stereocenters. The highest BCUT2D eigenvalue weighted by atomic mass is 16.4. The SMILES string of the molecule is C#CCC(NC(=O)NC(C1CC1)C1CC1)C(=O)O. The maximum absolute atomic E-state index is 11.8. The van der Waals surface area contributed by atoms with E-state index in [0.717, 1.165) is 25.7 Å². The molecular weight excluding hydrogens is 232 g/mol. The first-order chi connectivity index (χ1) is 8.61. The Morgan fingerprint density at radius 2 is 1.78 bits per heavy atom. The molecule has 98 valence electrons. The Kier molecular flexibility index (Phi) is 3.75. The minimum atomic E-state index is -1.10. The molecular formula is C13H18N2O3. The quantitative estimate of drug-likeness (QED) is 0.614. The Balaban J connectivity index is 1.82. The van der Waals surface area contributed by atoms with Crippen molar-refractivity contribution in [3.8, 4) is 12.3 Å². The number of carboxylic acid groups (broad SMARTS) is 1. The molecule has 1 unspecified atom stereocenters. The zero-order valence-electron chi connectivity index (χ0n) is 10.2. The molecule has 0 saturated heterocycles. The number of urea groups is 1. The van der Waals surface area contributed by atoms with Crippen LogP contribution in [0.2, 0.25) is 0 Å². The van der Waals surface area contributed by atoms with E-state index in [-0.39, 0.29) is 12.5 Å². The molecule has 0 aromatic rings. The van der Waals surface area contributed by atoms with Gasteiger partial charge in [-0.2, -0.15) is 0 Å². The Morgan fingerprint density at radius 1 is 1.22 bits per heavy atom. The third-order valence-corrected chi connectivity index (χ3v) is 3.48. The van der Waals surface area contributed by atoms with Gasteiger partial charge in [0, 0.05) is 12.5 Å². The van der Waals surface area contributed by atoms with Gasteiger partial charge in [0.1, 0.15) is 6.04 Å². The second-order valence-corrected chi connectivity index (χ2v) is 5.12. The van der Waals surface area contributed by atoms with Crippen LogP contribution in [0.3, 0.4) is 0 Å². The summed E-state index contributed by atoms with van der Waals surface area (Å²) in [5.41, 5.74) is 0. The molecule has 2 aliphatic rings. The Morgan fingerprint density at radius 3 is 2.17 bits per heavy atom. The second kappa shape index (κ2) is 5.30. The number of terminal acetylenes is 1. The third kappa shape index (κ3) is 3.39. The Labute approximate surface area is 106 Å². The predicted molar refractivity (Wildman–Crippen MR) is 65.8 cm³/mol. The maximum Gasteiger partial charge on any atom is 0.327 e. The molecule has 2 amide bonds. The van der Waals surface area contributed by atoms with Crippen LogP contribution in [0.4, 0.5) is 4.79 Å². The molecule has 18 heavy (non-hydrogen) atoms. The largest absolute Gasteiger partial charge is 0.480 e. The van der Waals surface area contributed by atoms with Gasteiger partial charge in [0.05, 0.1) is 0 Å². The number of carbonyl (C=O) groups excluding carboxylic acids is 1. The third-order valence-electron chi connectivity index (χ3n) is 3.48. The van der Waals surface area contributed by atoms with Gasteiger partial charge in [-0.3, -0.25) is 0 Å². The number of hydrogen-bond acceptors (Lipinski definition) is 2. The Hall–Kier alpha value is -1.70. The van der Waals surface area contributed by atoms with Gasteiger partial charge in [-0.15, -0.1) is 12.3 Å². The van der Waals surface area contributed by atoms with Gasteiger partial charge in [-0.25, -0.2) is 9.59 Å². The van der Waals surface area contributed by atoms with E-state index in [0.29, 0.717) is 11.8 Å². The zero-order valence-corrected chi connectivity index (χ0v) is 10.2. The average Bonchev–Trinajstić information content (AvgIpc) is 3.16. The van der Waals surface area contributed by atoms with Gasteiger partial charge < -0.3 is 15.7 Å². The van der Waals surface area contributed by atoms with E-state index in [2.05, 4.69) is 16.6 Å². The molecule has 2 aliphatic carbocycles. The van der Waals surface area contributed by atoms with Crippen molar-refractivity contribution < 1.29 is 14.7 Å². The van der Waals surface area contributed by atoms with Crippen LogP contribution in [0.5, 0.6) is 0 Å². The highest BCUT2D eigenvalue weighted by molar-refractivity contribution is 5.82. The summed E-state index contributed by atoms with van der Waals surface area (Å²) in [4.78, 5) is 22.6. The van der Waals surface area contributed by atoms with E-state index >= 15 is 0 Å². The Bertz CT molecular complexity index is 368. The summed E-state index contributed by atoms with van der Waals surface area (Å²) in [5, 5.41) is 14.2. The van der Waals surface area contributed by atoms with Crippen molar-refractivity contribution >= 4 is 12.0 Å². The van der Waals surface area contributed by atoms with Crippen LogP contribution in [0, 0.1) is 24.2 Å². The molecule has 0 aromatic heterocycles. The number of hydrogen-bond donors (Lipinski definition) is 3. The fourth-order valence-electron chi connectivity index (χ4n) is 2.20. The molecule has 0 aromatic carbocycles. The number of carboxylic acids is 1. The van der Waals surface area contributed by atoms with Crippen molar-refractivity contribution in [1.29, 1.82) is 0 Å². The first kappa shape index (κ1) is 12.7. The number of aliphatic carboxylic acids is 1. The van der Waals surface area contributed by atoms with Crippen LogP contribution in [0.25, 0.3) is 0 Å². The number of nitrogens with one attached hydrogen (secondary N) is 2. The molecule has 0 aliphatic heterocycles. The molecule has 0 spiro atoms. The summed E-state index contributed by atoms with van der Waals surface area (Å²) < 4.78 is 0. The lowest BCUT2D eigenvalue weighted by atomic mass is 10.1. The number of carbonyl (C=O) groups is 2. The summed E-state index contributed by atoms with van der Waals surface area (Å²) in [5.74, 6) is 2.32. The van der Waals surface area contributed by atoms with Crippen molar-refractivity contribution in [1.82, 2.24) is 10.6 Å². The van der Waals surface area contributed by atoms with Crippen LogP contribution in [-0.2, 0) is 4.79 Å². The number of rotatable bonds is 6. The monoisotopic (exact) mass is 250 g/mol. The van der Waals surface area contributed by atoms with Gasteiger partial charge in [0.25, 0.3) is 0 Å². The number of amides is 2. The molecule has 5 nitrogen and oxygen atoms in total. The van der Waals surface area contributed by atoms with Crippen LogP contribution in [0.1, 0.15) is 32.1 Å². The summed E-state index contributed by atoms with van der Waals surface area (Å²) in [6.07, 6.45) is 9.72. The van der Waals surface area contributed by atoms with Crippen LogP contribution in [0.15, 0.2) is 0 Å². The normalized spacial score (nSPS) is 20.0. The molecule has 5 heteroatoms. The van der Waals surface area contributed by atoms with Crippen molar-refractivity contribution in [2.45, 2.75) is 44.2 Å². The van der Waals surface area contributed by atoms with E-state index < -0.39 is 18.0 Å². The van der Waals surface area contributed by atoms with E-state index in [1.807, 2.05) is 0 Å². The van der Waals surface area contributed by atoms with Crippen LogP contribution in [-0.4, -0.2) is 29.2 Å². The first-order valence-electron chi connectivity index (χ1n) is 6.35. The van der Waals surface area contributed by atoms with Crippen molar-refractivity contribution in [3.05, 3.63) is 0 Å². The van der Waals surface area contributed by atoms with E-state index in [4.69, 9.17) is 11.5 Å². The lowest BCUT2D eigenvalue weighted by molar-refractivity contribution is -0.139. The van der Waals surface area contributed by atoms with E-state index in [1.165, 1.54) is 0 Å². The summed E-state index contributed by atoms with van der Waals surface area (Å²) in [6.45, 7) is 0. The topological polar surface area (TPSA) is 78.4 Å². The fraction of sp³-hybridized carbons (Fsp3) is 0.692. The molecule has 0 bridgehead atoms. The second-order valence-electron chi connectivity index (χ2n) is 5.12. The van der Waals surface area contributed by atoms with Crippen molar-refractivity contribution in [2.24, 2.45) is 11.8 Å². The summed E-state index contributed by atoms with van der Waals surface area (Å²) in [6, 6.07) is -1.21. The van der Waals surface area contributed by atoms with Crippen LogP contribution >= 0.6 is 0 Å². The smallest absolute Gasteiger partial charge is 0.327 e. The highest BCUT2D eigenvalue weighted by Gasteiger charge is 2.42. The van der Waals surface area contributed by atoms with E-state index in [9.17, 15) is 9.59 Å². The zero-order chi connectivity index (χ0) is 13.1. The molecule has 2 rings (SSSR count). The lowest BCUT2D eigenvalue weighted by Gasteiger charge is -2.20. The van der Waals surface area contributed by atoms with Gasteiger partial charge in [0.2, 0.25) is 0 Å². The van der Waals surface area contributed by atoms with E-state index in [1.54, 1.807) is 0 Å². The molecule has 3 N–H and O–H groups in total. The molecule has 2 fully saturated rings. The summed E-state index contributed by atoms with van der Waals surface area (Å²) in [7, 11) is 0. The standard InChI is InChI=1S/C13H18N2O3/c1-2-3-10(12(16)17)14-13(18)15-11(8-4-5-8)9-6-7-9/h1,8-11H,3-7H2,(H,16,17)(H2,14,15,18). The predicted octanol–water partition coefficient (Wildman–Crippen LogP) is 0.951. The lowest BCUT2D eigenvalue weighted by Crippen LogP contribution is -2.50.